The number of carbonyl (C=O) groups is 1. The van der Waals surface area contributed by atoms with E-state index in [-0.39, 0.29) is 5.78 Å². The maximum Gasteiger partial charge on any atom is 0.187 e. The molecule has 0 saturated heterocycles. The van der Waals surface area contributed by atoms with Crippen molar-refractivity contribution in [1.29, 1.82) is 0 Å². The average Bonchev–Trinajstić information content (AvgIpc) is 2.42. The fourth-order valence-corrected chi connectivity index (χ4v) is 1.84. The number of aryl methyl sites for hydroxylation is 2. The van der Waals surface area contributed by atoms with Crippen LogP contribution >= 0.6 is 0 Å². The van der Waals surface area contributed by atoms with E-state index >= 15 is 0 Å². The lowest BCUT2D eigenvalue weighted by Crippen LogP contribution is -1.99. The second-order valence-electron chi connectivity index (χ2n) is 4.53. The van der Waals surface area contributed by atoms with Crippen molar-refractivity contribution < 1.29 is 4.79 Å². The summed E-state index contributed by atoms with van der Waals surface area (Å²) in [6.07, 6.45) is 3.24. The van der Waals surface area contributed by atoms with Crippen molar-refractivity contribution in [2.75, 3.05) is 5.32 Å². The van der Waals surface area contributed by atoms with Gasteiger partial charge in [0.2, 0.25) is 0 Å². The molecule has 0 aliphatic heterocycles. The van der Waals surface area contributed by atoms with Gasteiger partial charge < -0.3 is 5.32 Å². The zero-order valence-electron chi connectivity index (χ0n) is 11.2. The second kappa shape index (κ2) is 6.01. The second-order valence-corrected chi connectivity index (χ2v) is 4.53. The van der Waals surface area contributed by atoms with Crippen molar-refractivity contribution in [2.24, 2.45) is 0 Å². The topological polar surface area (TPSA) is 29.1 Å². The van der Waals surface area contributed by atoms with E-state index in [0.717, 1.165) is 22.4 Å². The summed E-state index contributed by atoms with van der Waals surface area (Å²) < 4.78 is 0. The Labute approximate surface area is 113 Å². The molecular weight excluding hydrogens is 234 g/mol. The van der Waals surface area contributed by atoms with E-state index in [0.29, 0.717) is 0 Å². The quantitative estimate of drug-likeness (QED) is 0.654. The van der Waals surface area contributed by atoms with Crippen LogP contribution in [-0.4, -0.2) is 5.78 Å². The van der Waals surface area contributed by atoms with Crippen molar-refractivity contribution >= 4 is 11.5 Å². The number of benzene rings is 2. The van der Waals surface area contributed by atoms with Gasteiger partial charge in [0.05, 0.1) is 0 Å². The standard InChI is InChI=1S/C17H17NO/c1-13-8-9-14(2)16(12-13)17(19)10-11-18-15-6-4-3-5-7-15/h3-12,18H,1-2H3/b11-10+. The summed E-state index contributed by atoms with van der Waals surface area (Å²) in [6.45, 7) is 3.94. The van der Waals surface area contributed by atoms with Crippen molar-refractivity contribution in [3.05, 3.63) is 77.5 Å². The van der Waals surface area contributed by atoms with Crippen LogP contribution in [0.5, 0.6) is 0 Å². The molecule has 19 heavy (non-hydrogen) atoms. The molecule has 0 amide bonds. The lowest BCUT2D eigenvalue weighted by Gasteiger charge is -2.03. The Morgan fingerprint density at radius 3 is 2.53 bits per heavy atom. The maximum atomic E-state index is 12.1. The molecular formula is C17H17NO. The van der Waals surface area contributed by atoms with E-state index in [1.807, 2.05) is 62.4 Å². The third-order valence-corrected chi connectivity index (χ3v) is 2.92. The van der Waals surface area contributed by atoms with E-state index in [1.165, 1.54) is 0 Å². The number of allylic oxidation sites excluding steroid dienone is 1. The molecule has 0 saturated carbocycles. The first-order valence-electron chi connectivity index (χ1n) is 6.26. The summed E-state index contributed by atoms with van der Waals surface area (Å²) in [7, 11) is 0. The van der Waals surface area contributed by atoms with Crippen molar-refractivity contribution in [1.82, 2.24) is 0 Å². The van der Waals surface area contributed by atoms with E-state index in [1.54, 1.807) is 12.3 Å². The minimum Gasteiger partial charge on any atom is -0.362 e. The van der Waals surface area contributed by atoms with Crippen LogP contribution in [0, 0.1) is 13.8 Å². The normalized spacial score (nSPS) is 10.6. The molecule has 2 aromatic rings. The maximum absolute atomic E-state index is 12.1. The van der Waals surface area contributed by atoms with Crippen LogP contribution in [0.1, 0.15) is 21.5 Å². The van der Waals surface area contributed by atoms with E-state index < -0.39 is 0 Å². The molecule has 96 valence electrons. The summed E-state index contributed by atoms with van der Waals surface area (Å²) in [6, 6.07) is 15.7. The number of nitrogens with one attached hydrogen (secondary N) is 1. The predicted octanol–water partition coefficient (Wildman–Crippen LogP) is 4.11. The number of carbonyl (C=O) groups excluding carboxylic acids is 1. The molecule has 2 aromatic carbocycles. The zero-order valence-corrected chi connectivity index (χ0v) is 11.2. The predicted molar refractivity (Wildman–Crippen MR) is 79.5 cm³/mol. The highest BCUT2D eigenvalue weighted by atomic mass is 16.1. The Morgan fingerprint density at radius 1 is 1.05 bits per heavy atom. The van der Waals surface area contributed by atoms with Crippen LogP contribution in [-0.2, 0) is 0 Å². The zero-order chi connectivity index (χ0) is 13.7. The lowest BCUT2D eigenvalue weighted by molar-refractivity contribution is 0.104. The molecule has 0 aliphatic rings. The van der Waals surface area contributed by atoms with Crippen molar-refractivity contribution in [3.63, 3.8) is 0 Å². The van der Waals surface area contributed by atoms with Gasteiger partial charge in [-0.25, -0.2) is 0 Å². The Balaban J connectivity index is 2.07. The number of hydrogen-bond donors (Lipinski definition) is 1. The van der Waals surface area contributed by atoms with E-state index in [9.17, 15) is 4.79 Å². The molecule has 0 fully saturated rings. The molecule has 0 heterocycles. The van der Waals surface area contributed by atoms with E-state index in [2.05, 4.69) is 5.32 Å². The number of para-hydroxylation sites is 1. The number of hydrogen-bond acceptors (Lipinski definition) is 2. The molecule has 0 spiro atoms. The first-order valence-corrected chi connectivity index (χ1v) is 6.26. The summed E-state index contributed by atoms with van der Waals surface area (Å²) in [5.74, 6) is 0.0182. The van der Waals surface area contributed by atoms with Gasteiger partial charge >= 0.3 is 0 Å². The van der Waals surface area contributed by atoms with Gasteiger partial charge in [-0.1, -0.05) is 35.9 Å². The fraction of sp³-hybridized carbons (Fsp3) is 0.118. The number of ketones is 1. The van der Waals surface area contributed by atoms with Crippen LogP contribution in [0.2, 0.25) is 0 Å². The van der Waals surface area contributed by atoms with Crippen LogP contribution < -0.4 is 5.32 Å². The molecule has 0 aliphatic carbocycles. The van der Waals surface area contributed by atoms with Crippen molar-refractivity contribution in [3.8, 4) is 0 Å². The van der Waals surface area contributed by atoms with Gasteiger partial charge in [-0.2, -0.15) is 0 Å². The summed E-state index contributed by atoms with van der Waals surface area (Å²) in [4.78, 5) is 12.1. The Bertz CT molecular complexity index is 600. The summed E-state index contributed by atoms with van der Waals surface area (Å²) >= 11 is 0. The van der Waals surface area contributed by atoms with Crippen LogP contribution in [0.4, 0.5) is 5.69 Å². The Hall–Kier alpha value is -2.35. The largest absolute Gasteiger partial charge is 0.362 e. The average molecular weight is 251 g/mol. The molecule has 0 atom stereocenters. The molecule has 2 rings (SSSR count). The first kappa shape index (κ1) is 13.1. The molecule has 1 N–H and O–H groups in total. The molecule has 0 unspecified atom stereocenters. The first-order chi connectivity index (χ1) is 9.16. The number of anilines is 1. The smallest absolute Gasteiger partial charge is 0.187 e. The van der Waals surface area contributed by atoms with Gasteiger partial charge in [-0.3, -0.25) is 4.79 Å². The lowest BCUT2D eigenvalue weighted by atomic mass is 10.0. The summed E-state index contributed by atoms with van der Waals surface area (Å²) in [5, 5.41) is 3.08. The van der Waals surface area contributed by atoms with Crippen molar-refractivity contribution in [2.45, 2.75) is 13.8 Å². The fourth-order valence-electron chi connectivity index (χ4n) is 1.84. The molecule has 2 heteroatoms. The van der Waals surface area contributed by atoms with Crippen LogP contribution in [0.15, 0.2) is 60.8 Å². The highest BCUT2D eigenvalue weighted by Gasteiger charge is 2.05. The van der Waals surface area contributed by atoms with E-state index in [4.69, 9.17) is 0 Å². The van der Waals surface area contributed by atoms with Gasteiger partial charge in [0.15, 0.2) is 5.78 Å². The Morgan fingerprint density at radius 2 is 1.79 bits per heavy atom. The van der Waals surface area contributed by atoms with Gasteiger partial charge in [0.1, 0.15) is 0 Å². The summed E-state index contributed by atoms with van der Waals surface area (Å²) in [5.41, 5.74) is 3.82. The van der Waals surface area contributed by atoms with Gasteiger partial charge in [0, 0.05) is 23.5 Å². The minimum absolute atomic E-state index is 0.0182. The third-order valence-electron chi connectivity index (χ3n) is 2.92. The monoisotopic (exact) mass is 251 g/mol. The van der Waals surface area contributed by atoms with Gasteiger partial charge in [0.25, 0.3) is 0 Å². The van der Waals surface area contributed by atoms with Crippen LogP contribution in [0.25, 0.3) is 0 Å². The number of rotatable bonds is 4. The van der Waals surface area contributed by atoms with Crippen LogP contribution in [0.3, 0.4) is 0 Å². The molecule has 0 aromatic heterocycles. The SMILES string of the molecule is Cc1ccc(C)c(C(=O)/C=C/Nc2ccccc2)c1. The highest BCUT2D eigenvalue weighted by Crippen LogP contribution is 2.12. The molecule has 0 radical (unpaired) electrons. The minimum atomic E-state index is 0.0182. The molecule has 2 nitrogen and oxygen atoms in total. The molecule has 0 bridgehead atoms. The highest BCUT2D eigenvalue weighted by molar-refractivity contribution is 6.05. The Kier molecular flexibility index (Phi) is 4.14. The van der Waals surface area contributed by atoms with Gasteiger partial charge in [-0.15, -0.1) is 0 Å². The third kappa shape index (κ3) is 3.55. The van der Waals surface area contributed by atoms with Gasteiger partial charge in [-0.05, 0) is 37.6 Å².